The Labute approximate surface area is 104 Å². The normalized spacial score (nSPS) is 11.1. The fraction of sp³-hybridized carbons (Fsp3) is 0.455. The third-order valence-electron chi connectivity index (χ3n) is 2.35. The van der Waals surface area contributed by atoms with Crippen molar-refractivity contribution in [2.75, 3.05) is 5.73 Å². The minimum atomic E-state index is -0.242. The molecular weight excluding hydrogens is 234 g/mol. The molecule has 18 heavy (non-hydrogen) atoms. The molecule has 0 amide bonds. The third-order valence-corrected chi connectivity index (χ3v) is 2.35. The van der Waals surface area contributed by atoms with Gasteiger partial charge in [-0.25, -0.2) is 15.0 Å². The summed E-state index contributed by atoms with van der Waals surface area (Å²) in [5.74, 6) is 0.0948. The molecule has 0 radical (unpaired) electrons. The Morgan fingerprint density at radius 1 is 1.44 bits per heavy atom. The van der Waals surface area contributed by atoms with E-state index in [4.69, 9.17) is 10.5 Å². The molecule has 0 spiro atoms. The molecule has 7 heteroatoms. The molecule has 0 aliphatic rings. The molecule has 0 saturated heterocycles. The summed E-state index contributed by atoms with van der Waals surface area (Å²) in [4.78, 5) is 23.5. The molecule has 2 aromatic heterocycles. The Balaban J connectivity index is 2.09. The van der Waals surface area contributed by atoms with E-state index in [9.17, 15) is 4.79 Å². The monoisotopic (exact) mass is 249 g/mol. The van der Waals surface area contributed by atoms with Crippen molar-refractivity contribution in [1.29, 1.82) is 0 Å². The first-order valence-electron chi connectivity index (χ1n) is 5.68. The number of aryl methyl sites for hydroxylation is 1. The predicted octanol–water partition coefficient (Wildman–Crippen LogP) is 0.750. The van der Waals surface area contributed by atoms with Crippen LogP contribution in [0.25, 0.3) is 11.2 Å². The highest BCUT2D eigenvalue weighted by molar-refractivity contribution is 5.81. The summed E-state index contributed by atoms with van der Waals surface area (Å²) < 4.78 is 6.81. The number of carbonyl (C=O) groups is 1. The maximum absolute atomic E-state index is 11.4. The van der Waals surface area contributed by atoms with E-state index in [1.807, 2.05) is 13.8 Å². The first kappa shape index (κ1) is 12.3. The molecule has 96 valence electrons. The Morgan fingerprint density at radius 2 is 2.22 bits per heavy atom. The summed E-state index contributed by atoms with van der Waals surface area (Å²) in [5, 5.41) is 0. The van der Waals surface area contributed by atoms with Gasteiger partial charge < -0.3 is 15.0 Å². The Kier molecular flexibility index (Phi) is 3.40. The van der Waals surface area contributed by atoms with E-state index in [-0.39, 0.29) is 18.5 Å². The molecule has 0 unspecified atom stereocenters. The molecule has 2 N–H and O–H groups in total. The standard InChI is InChI=1S/C11H15N5O2/c1-7(2)18-8(17)3-4-16-6-15-9-10(12)13-5-14-11(9)16/h5-7H,3-4H2,1-2H3,(H2,12,13,14). The first-order chi connectivity index (χ1) is 8.58. The van der Waals surface area contributed by atoms with Crippen LogP contribution in [0.3, 0.4) is 0 Å². The summed E-state index contributed by atoms with van der Waals surface area (Å²) in [6.45, 7) is 4.09. The van der Waals surface area contributed by atoms with Crippen LogP contribution in [0.1, 0.15) is 20.3 Å². The molecule has 2 aromatic rings. The summed E-state index contributed by atoms with van der Waals surface area (Å²) in [5.41, 5.74) is 6.85. The van der Waals surface area contributed by atoms with Gasteiger partial charge in [-0.15, -0.1) is 0 Å². The molecule has 0 saturated carbocycles. The Bertz CT molecular complexity index is 564. The summed E-state index contributed by atoms with van der Waals surface area (Å²) in [6, 6.07) is 0. The fourth-order valence-electron chi connectivity index (χ4n) is 1.60. The van der Waals surface area contributed by atoms with Crippen LogP contribution in [-0.2, 0) is 16.1 Å². The Morgan fingerprint density at radius 3 is 2.94 bits per heavy atom. The number of aromatic nitrogens is 4. The van der Waals surface area contributed by atoms with E-state index in [1.165, 1.54) is 6.33 Å². The topological polar surface area (TPSA) is 95.9 Å². The summed E-state index contributed by atoms with van der Waals surface area (Å²) in [7, 11) is 0. The molecule has 2 rings (SSSR count). The number of hydrogen-bond acceptors (Lipinski definition) is 6. The second kappa shape index (κ2) is 4.99. The second-order valence-corrected chi connectivity index (χ2v) is 4.16. The number of imidazole rings is 1. The van der Waals surface area contributed by atoms with Gasteiger partial charge in [0.15, 0.2) is 11.5 Å². The number of hydrogen-bond donors (Lipinski definition) is 1. The van der Waals surface area contributed by atoms with E-state index in [1.54, 1.807) is 10.9 Å². The first-order valence-corrected chi connectivity index (χ1v) is 5.68. The number of nitrogens with two attached hydrogens (primary N) is 1. The lowest BCUT2D eigenvalue weighted by molar-refractivity contribution is -0.147. The lowest BCUT2D eigenvalue weighted by atomic mass is 10.4. The number of carbonyl (C=O) groups excluding carboxylic acids is 1. The van der Waals surface area contributed by atoms with Gasteiger partial charge in [-0.3, -0.25) is 4.79 Å². The largest absolute Gasteiger partial charge is 0.463 e. The lowest BCUT2D eigenvalue weighted by Gasteiger charge is -2.08. The summed E-state index contributed by atoms with van der Waals surface area (Å²) >= 11 is 0. The number of esters is 1. The molecule has 0 aliphatic carbocycles. The van der Waals surface area contributed by atoms with Crippen LogP contribution >= 0.6 is 0 Å². The maximum Gasteiger partial charge on any atom is 0.307 e. The molecule has 0 atom stereocenters. The Hall–Kier alpha value is -2.18. The van der Waals surface area contributed by atoms with Gasteiger partial charge in [0.25, 0.3) is 0 Å². The molecule has 0 aromatic carbocycles. The van der Waals surface area contributed by atoms with Crippen LogP contribution in [-0.4, -0.2) is 31.6 Å². The van der Waals surface area contributed by atoms with Gasteiger partial charge >= 0.3 is 5.97 Å². The highest BCUT2D eigenvalue weighted by Gasteiger charge is 2.10. The lowest BCUT2D eigenvalue weighted by Crippen LogP contribution is -2.13. The van der Waals surface area contributed by atoms with Gasteiger partial charge in [0, 0.05) is 6.54 Å². The minimum absolute atomic E-state index is 0.102. The molecule has 0 fully saturated rings. The highest BCUT2D eigenvalue weighted by atomic mass is 16.5. The molecule has 0 bridgehead atoms. The van der Waals surface area contributed by atoms with Crippen LogP contribution in [0.5, 0.6) is 0 Å². The number of nitrogen functional groups attached to an aromatic ring is 1. The SMILES string of the molecule is CC(C)OC(=O)CCn1cnc2c(N)ncnc21. The van der Waals surface area contributed by atoms with E-state index >= 15 is 0 Å². The van der Waals surface area contributed by atoms with Crippen LogP contribution < -0.4 is 5.73 Å². The van der Waals surface area contributed by atoms with Crippen molar-refractivity contribution >= 4 is 23.0 Å². The average molecular weight is 249 g/mol. The zero-order valence-electron chi connectivity index (χ0n) is 10.3. The van der Waals surface area contributed by atoms with Gasteiger partial charge in [0.2, 0.25) is 0 Å². The zero-order valence-corrected chi connectivity index (χ0v) is 10.3. The van der Waals surface area contributed by atoms with Crippen molar-refractivity contribution in [2.24, 2.45) is 0 Å². The molecule has 0 aliphatic heterocycles. The number of fused-ring (bicyclic) bond motifs is 1. The van der Waals surface area contributed by atoms with Gasteiger partial charge in [0.05, 0.1) is 18.9 Å². The van der Waals surface area contributed by atoms with Crippen molar-refractivity contribution in [1.82, 2.24) is 19.5 Å². The zero-order chi connectivity index (χ0) is 13.1. The fourth-order valence-corrected chi connectivity index (χ4v) is 1.60. The highest BCUT2D eigenvalue weighted by Crippen LogP contribution is 2.14. The van der Waals surface area contributed by atoms with E-state index in [2.05, 4.69) is 15.0 Å². The molecular formula is C11H15N5O2. The maximum atomic E-state index is 11.4. The van der Waals surface area contributed by atoms with Crippen molar-refractivity contribution in [3.63, 3.8) is 0 Å². The number of rotatable bonds is 4. The molecule has 7 nitrogen and oxygen atoms in total. The van der Waals surface area contributed by atoms with Crippen LogP contribution in [0.4, 0.5) is 5.82 Å². The van der Waals surface area contributed by atoms with Crippen LogP contribution in [0, 0.1) is 0 Å². The second-order valence-electron chi connectivity index (χ2n) is 4.16. The van der Waals surface area contributed by atoms with Crippen molar-refractivity contribution in [3.8, 4) is 0 Å². The molecule has 2 heterocycles. The van der Waals surface area contributed by atoms with Gasteiger partial charge in [-0.1, -0.05) is 0 Å². The number of ether oxygens (including phenoxy) is 1. The number of anilines is 1. The third kappa shape index (κ3) is 2.55. The number of nitrogens with zero attached hydrogens (tertiary/aromatic N) is 4. The summed E-state index contributed by atoms with van der Waals surface area (Å²) in [6.07, 6.45) is 3.14. The smallest absolute Gasteiger partial charge is 0.307 e. The average Bonchev–Trinajstić information content (AvgIpc) is 2.70. The van der Waals surface area contributed by atoms with Crippen LogP contribution in [0.2, 0.25) is 0 Å². The van der Waals surface area contributed by atoms with Crippen molar-refractivity contribution < 1.29 is 9.53 Å². The quantitative estimate of drug-likeness (QED) is 0.803. The van der Waals surface area contributed by atoms with Crippen LogP contribution in [0.15, 0.2) is 12.7 Å². The van der Waals surface area contributed by atoms with Gasteiger partial charge in [-0.05, 0) is 13.8 Å². The van der Waals surface area contributed by atoms with E-state index in [0.717, 1.165) is 0 Å². The van der Waals surface area contributed by atoms with Crippen molar-refractivity contribution in [2.45, 2.75) is 32.9 Å². The van der Waals surface area contributed by atoms with Crippen molar-refractivity contribution in [3.05, 3.63) is 12.7 Å². The van der Waals surface area contributed by atoms with E-state index < -0.39 is 0 Å². The predicted molar refractivity (Wildman–Crippen MR) is 65.6 cm³/mol. The van der Waals surface area contributed by atoms with Gasteiger partial charge in [0.1, 0.15) is 11.8 Å². The van der Waals surface area contributed by atoms with E-state index in [0.29, 0.717) is 23.5 Å². The minimum Gasteiger partial charge on any atom is -0.463 e. The van der Waals surface area contributed by atoms with Gasteiger partial charge in [-0.2, -0.15) is 0 Å².